The van der Waals surface area contributed by atoms with Crippen LogP contribution in [-0.4, -0.2) is 83.3 Å². The Balaban J connectivity index is 1.90. The normalized spacial score (nSPS) is 13.8. The molecular weight excluding hydrogens is 486 g/mol. The highest BCUT2D eigenvalue weighted by Gasteiger charge is 2.33. The summed E-state index contributed by atoms with van der Waals surface area (Å²) in [5, 5.41) is 0. The Morgan fingerprint density at radius 2 is 1.58 bits per heavy atom. The fourth-order valence-electron chi connectivity index (χ4n) is 3.87. The zero-order valence-corrected chi connectivity index (χ0v) is 21.9. The first-order valence-electron chi connectivity index (χ1n) is 11.8. The second-order valence-corrected chi connectivity index (χ2v) is 9.99. The third-order valence-electron chi connectivity index (χ3n) is 5.76. The van der Waals surface area contributed by atoms with Gasteiger partial charge in [0.05, 0.1) is 26.0 Å². The molecule has 2 amide bonds. The fraction of sp³-hybridized carbons (Fsp3) is 0.440. The van der Waals surface area contributed by atoms with E-state index in [9.17, 15) is 18.0 Å². The van der Waals surface area contributed by atoms with Gasteiger partial charge < -0.3 is 24.0 Å². The summed E-state index contributed by atoms with van der Waals surface area (Å²) in [5.74, 6) is 0.405. The van der Waals surface area contributed by atoms with E-state index >= 15 is 0 Å². The molecule has 0 aliphatic carbocycles. The van der Waals surface area contributed by atoms with E-state index in [0.29, 0.717) is 31.1 Å². The largest absolute Gasteiger partial charge is 0.495 e. The molecule has 3 rings (SSSR count). The number of carbonyl (C=O) groups is 2. The third-order valence-corrected chi connectivity index (χ3v) is 7.56. The highest BCUT2D eigenvalue weighted by atomic mass is 32.2. The van der Waals surface area contributed by atoms with Gasteiger partial charge in [0.2, 0.25) is 5.91 Å². The lowest BCUT2D eigenvalue weighted by atomic mass is 10.2. The van der Waals surface area contributed by atoms with Crippen molar-refractivity contribution in [3.63, 3.8) is 0 Å². The average molecular weight is 520 g/mol. The van der Waals surface area contributed by atoms with E-state index in [1.54, 1.807) is 55.1 Å². The first-order valence-corrected chi connectivity index (χ1v) is 13.2. The van der Waals surface area contributed by atoms with Crippen LogP contribution in [0, 0.1) is 6.92 Å². The number of benzene rings is 2. The number of carbonyl (C=O) groups excluding carboxylic acids is 2. The number of rotatable bonds is 9. The molecule has 196 valence electrons. The van der Waals surface area contributed by atoms with E-state index in [-0.39, 0.29) is 36.2 Å². The highest BCUT2D eigenvalue weighted by molar-refractivity contribution is 7.93. The van der Waals surface area contributed by atoms with Crippen molar-refractivity contribution in [1.82, 2.24) is 9.80 Å². The van der Waals surface area contributed by atoms with E-state index in [0.717, 1.165) is 9.87 Å². The molecule has 0 unspecified atom stereocenters. The van der Waals surface area contributed by atoms with Gasteiger partial charge in [-0.1, -0.05) is 6.07 Å². The monoisotopic (exact) mass is 519 g/mol. The molecule has 1 aliphatic rings. The van der Waals surface area contributed by atoms with Crippen LogP contribution in [0.15, 0.2) is 47.4 Å². The summed E-state index contributed by atoms with van der Waals surface area (Å²) < 4.78 is 44.7. The van der Waals surface area contributed by atoms with Crippen molar-refractivity contribution >= 4 is 27.7 Å². The molecule has 0 saturated carbocycles. The maximum Gasteiger partial charge on any atom is 0.409 e. The van der Waals surface area contributed by atoms with Gasteiger partial charge in [-0.15, -0.1) is 0 Å². The molecule has 1 aliphatic heterocycles. The minimum Gasteiger partial charge on any atom is -0.495 e. The van der Waals surface area contributed by atoms with Gasteiger partial charge in [-0.3, -0.25) is 9.10 Å². The van der Waals surface area contributed by atoms with E-state index in [2.05, 4.69) is 0 Å². The number of piperazine rings is 1. The van der Waals surface area contributed by atoms with Crippen molar-refractivity contribution in [1.29, 1.82) is 0 Å². The third kappa shape index (κ3) is 6.20. The van der Waals surface area contributed by atoms with Crippen LogP contribution >= 0.6 is 0 Å². The van der Waals surface area contributed by atoms with Crippen LogP contribution in [0.5, 0.6) is 11.5 Å². The van der Waals surface area contributed by atoms with Crippen molar-refractivity contribution in [3.05, 3.63) is 48.0 Å². The molecule has 2 aromatic carbocycles. The first kappa shape index (κ1) is 27.1. The zero-order valence-electron chi connectivity index (χ0n) is 21.1. The molecule has 1 saturated heterocycles. The van der Waals surface area contributed by atoms with Crippen LogP contribution < -0.4 is 13.8 Å². The number of hydrogen-bond acceptors (Lipinski definition) is 7. The number of aryl methyl sites for hydroxylation is 1. The van der Waals surface area contributed by atoms with Crippen LogP contribution in [0.2, 0.25) is 0 Å². The van der Waals surface area contributed by atoms with E-state index in [1.165, 1.54) is 18.1 Å². The summed E-state index contributed by atoms with van der Waals surface area (Å²) in [6.45, 7) is 6.89. The molecule has 0 spiro atoms. The molecule has 0 radical (unpaired) electrons. The summed E-state index contributed by atoms with van der Waals surface area (Å²) in [5.41, 5.74) is 1.06. The smallest absolute Gasteiger partial charge is 0.409 e. The van der Waals surface area contributed by atoms with Crippen molar-refractivity contribution in [3.8, 4) is 11.5 Å². The van der Waals surface area contributed by atoms with Crippen LogP contribution in [-0.2, 0) is 19.6 Å². The maximum absolute atomic E-state index is 13.9. The minimum atomic E-state index is -4.17. The Bertz CT molecular complexity index is 1160. The Labute approximate surface area is 212 Å². The molecule has 0 N–H and O–H groups in total. The molecule has 2 aromatic rings. The van der Waals surface area contributed by atoms with Gasteiger partial charge in [-0.25, -0.2) is 13.2 Å². The van der Waals surface area contributed by atoms with E-state index < -0.39 is 22.7 Å². The second kappa shape index (κ2) is 12.0. The highest BCUT2D eigenvalue weighted by Crippen LogP contribution is 2.32. The lowest BCUT2D eigenvalue weighted by Crippen LogP contribution is -2.53. The van der Waals surface area contributed by atoms with Gasteiger partial charge in [0.15, 0.2) is 0 Å². The second-order valence-electron chi connectivity index (χ2n) is 8.16. The van der Waals surface area contributed by atoms with Gasteiger partial charge in [0.25, 0.3) is 10.0 Å². The number of methoxy groups -OCH3 is 1. The Morgan fingerprint density at radius 1 is 0.944 bits per heavy atom. The molecule has 36 heavy (non-hydrogen) atoms. The number of nitrogens with zero attached hydrogens (tertiary/aromatic N) is 3. The maximum atomic E-state index is 13.9. The average Bonchev–Trinajstić information content (AvgIpc) is 2.88. The number of ether oxygens (including phenoxy) is 3. The molecular formula is C25H33N3O7S. The summed E-state index contributed by atoms with van der Waals surface area (Å²) in [6, 6.07) is 11.4. The predicted molar refractivity (Wildman–Crippen MR) is 135 cm³/mol. The number of anilines is 1. The Morgan fingerprint density at radius 3 is 2.17 bits per heavy atom. The number of amides is 2. The molecule has 0 bridgehead atoms. The zero-order chi connectivity index (χ0) is 26.3. The van der Waals surface area contributed by atoms with Crippen molar-refractivity contribution < 1.29 is 32.2 Å². The van der Waals surface area contributed by atoms with Crippen LogP contribution in [0.25, 0.3) is 0 Å². The minimum absolute atomic E-state index is 0.0289. The molecule has 1 fully saturated rings. The fourth-order valence-corrected chi connectivity index (χ4v) is 5.53. The van der Waals surface area contributed by atoms with Crippen molar-refractivity contribution in [2.45, 2.75) is 25.7 Å². The van der Waals surface area contributed by atoms with Crippen molar-refractivity contribution in [2.24, 2.45) is 0 Å². The van der Waals surface area contributed by atoms with Crippen molar-refractivity contribution in [2.75, 3.05) is 57.4 Å². The lowest BCUT2D eigenvalue weighted by molar-refractivity contribution is -0.131. The number of hydrogen-bond donors (Lipinski definition) is 0. The van der Waals surface area contributed by atoms with Gasteiger partial charge in [-0.2, -0.15) is 0 Å². The quantitative estimate of drug-likeness (QED) is 0.502. The summed E-state index contributed by atoms with van der Waals surface area (Å²) in [6.07, 6.45) is -0.422. The first-order chi connectivity index (χ1) is 17.2. The summed E-state index contributed by atoms with van der Waals surface area (Å²) >= 11 is 0. The predicted octanol–water partition coefficient (Wildman–Crippen LogP) is 2.90. The van der Waals surface area contributed by atoms with Gasteiger partial charge in [-0.05, 0) is 62.7 Å². The van der Waals surface area contributed by atoms with E-state index in [1.807, 2.05) is 6.92 Å². The molecule has 10 nitrogen and oxygen atoms in total. The van der Waals surface area contributed by atoms with Gasteiger partial charge in [0.1, 0.15) is 22.9 Å². The summed E-state index contributed by atoms with van der Waals surface area (Å²) in [4.78, 5) is 28.3. The SMILES string of the molecule is CCOC(=O)N1CCN(C(=O)CN(c2ccc(OCC)cc2)S(=O)(=O)c2cc(C)ccc2OC)CC1. The summed E-state index contributed by atoms with van der Waals surface area (Å²) in [7, 11) is -2.77. The number of sulfonamides is 1. The molecule has 0 atom stereocenters. The lowest BCUT2D eigenvalue weighted by Gasteiger charge is -2.35. The van der Waals surface area contributed by atoms with Crippen LogP contribution in [0.4, 0.5) is 10.5 Å². The topological polar surface area (TPSA) is 106 Å². The van der Waals surface area contributed by atoms with Gasteiger partial charge in [0, 0.05) is 26.2 Å². The Hall–Kier alpha value is -3.47. The van der Waals surface area contributed by atoms with Gasteiger partial charge >= 0.3 is 6.09 Å². The molecule has 11 heteroatoms. The standard InChI is InChI=1S/C25H33N3O7S/c1-5-34-21-10-8-20(9-11-21)28(36(31,32)23-17-19(3)7-12-22(23)33-4)18-24(29)26-13-15-27(16-14-26)25(30)35-6-2/h7-12,17H,5-6,13-16,18H2,1-4H3. The molecule has 1 heterocycles. The van der Waals surface area contributed by atoms with Crippen LogP contribution in [0.3, 0.4) is 0 Å². The van der Waals surface area contributed by atoms with Crippen LogP contribution in [0.1, 0.15) is 19.4 Å². The van der Waals surface area contributed by atoms with E-state index in [4.69, 9.17) is 14.2 Å². The Kier molecular flexibility index (Phi) is 9.03. The molecule has 0 aromatic heterocycles.